The molecule has 0 unspecified atom stereocenters. The molecule has 0 fully saturated rings. The minimum atomic E-state index is -0.0607. The number of anilines is 1. The quantitative estimate of drug-likeness (QED) is 0.762. The van der Waals surface area contributed by atoms with Crippen molar-refractivity contribution >= 4 is 11.6 Å². The van der Waals surface area contributed by atoms with E-state index in [2.05, 4.69) is 21.7 Å². The summed E-state index contributed by atoms with van der Waals surface area (Å²) in [4.78, 5) is 14.9. The lowest BCUT2D eigenvalue weighted by molar-refractivity contribution is -0.118. The first kappa shape index (κ1) is 13.0. The summed E-state index contributed by atoms with van der Waals surface area (Å²) in [5, 5.41) is 14.8. The van der Waals surface area contributed by atoms with Crippen LogP contribution >= 0.6 is 0 Å². The van der Waals surface area contributed by atoms with Gasteiger partial charge in [-0.1, -0.05) is 0 Å². The summed E-state index contributed by atoms with van der Waals surface area (Å²) in [6, 6.07) is 3.96. The molecule has 0 saturated carbocycles. The van der Waals surface area contributed by atoms with Crippen LogP contribution in [0.25, 0.3) is 0 Å². The summed E-state index contributed by atoms with van der Waals surface area (Å²) in [5.74, 6) is -0.0607. The predicted molar refractivity (Wildman–Crippen MR) is 65.6 cm³/mol. The van der Waals surface area contributed by atoms with E-state index in [1.165, 1.54) is 6.92 Å². The van der Waals surface area contributed by atoms with E-state index in [0.717, 1.165) is 17.1 Å². The number of nitrogens with one attached hydrogen (secondary N) is 2. The molecule has 1 aromatic heterocycles. The second-order valence-electron chi connectivity index (χ2n) is 3.79. The smallest absolute Gasteiger partial charge is 0.216 e. The average Bonchev–Trinajstić information content (AvgIpc) is 2.23. The maximum Gasteiger partial charge on any atom is 0.216 e. The van der Waals surface area contributed by atoms with E-state index in [1.54, 1.807) is 0 Å². The highest BCUT2D eigenvalue weighted by molar-refractivity contribution is 5.72. The summed E-state index contributed by atoms with van der Waals surface area (Å²) in [6.45, 7) is 6.27. The van der Waals surface area contributed by atoms with Crippen molar-refractivity contribution in [3.8, 4) is 6.07 Å². The maximum atomic E-state index is 10.7. The Balaban J connectivity index is 2.70. The molecule has 0 aliphatic carbocycles. The molecule has 90 valence electrons. The minimum absolute atomic E-state index is 0.0607. The van der Waals surface area contributed by atoms with Crippen LogP contribution in [0.2, 0.25) is 0 Å². The third-order valence-corrected chi connectivity index (χ3v) is 2.25. The van der Waals surface area contributed by atoms with Gasteiger partial charge in [0.2, 0.25) is 5.91 Å². The number of amides is 1. The number of nitrogens with zero attached hydrogens (tertiary/aromatic N) is 2. The molecule has 5 nitrogen and oxygen atoms in total. The van der Waals surface area contributed by atoms with Gasteiger partial charge in [0.1, 0.15) is 6.07 Å². The number of aromatic nitrogens is 1. The van der Waals surface area contributed by atoms with E-state index in [-0.39, 0.29) is 5.91 Å². The Bertz CT molecular complexity index is 462. The topological polar surface area (TPSA) is 77.8 Å². The Morgan fingerprint density at radius 1 is 1.47 bits per heavy atom. The molecule has 0 saturated heterocycles. The van der Waals surface area contributed by atoms with E-state index < -0.39 is 0 Å². The Morgan fingerprint density at radius 2 is 2.18 bits per heavy atom. The predicted octanol–water partition coefficient (Wildman–Crippen LogP) is 1.12. The van der Waals surface area contributed by atoms with Gasteiger partial charge < -0.3 is 10.6 Å². The van der Waals surface area contributed by atoms with Gasteiger partial charge in [-0.15, -0.1) is 0 Å². The first-order valence-corrected chi connectivity index (χ1v) is 5.41. The van der Waals surface area contributed by atoms with Gasteiger partial charge in [-0.05, 0) is 19.9 Å². The SMILES string of the molecule is CC(=O)NCCNc1cc(C)nc(C)c1C#N. The van der Waals surface area contributed by atoms with E-state index in [9.17, 15) is 4.79 Å². The molecule has 0 aliphatic heterocycles. The lowest BCUT2D eigenvalue weighted by atomic mass is 10.1. The Hall–Kier alpha value is -2.09. The van der Waals surface area contributed by atoms with Crippen LogP contribution in [0.1, 0.15) is 23.9 Å². The van der Waals surface area contributed by atoms with Crippen LogP contribution < -0.4 is 10.6 Å². The van der Waals surface area contributed by atoms with Gasteiger partial charge in [0.05, 0.1) is 16.9 Å². The zero-order chi connectivity index (χ0) is 12.8. The Kier molecular flexibility index (Phi) is 4.46. The van der Waals surface area contributed by atoms with Crippen molar-refractivity contribution < 1.29 is 4.79 Å². The van der Waals surface area contributed by atoms with Crippen molar-refractivity contribution in [2.45, 2.75) is 20.8 Å². The van der Waals surface area contributed by atoms with Crippen LogP contribution in [0.4, 0.5) is 5.69 Å². The normalized spacial score (nSPS) is 9.53. The highest BCUT2D eigenvalue weighted by atomic mass is 16.1. The largest absolute Gasteiger partial charge is 0.382 e. The molecule has 0 spiro atoms. The number of aryl methyl sites for hydroxylation is 2. The number of hydrogen-bond acceptors (Lipinski definition) is 4. The van der Waals surface area contributed by atoms with Crippen molar-refractivity contribution in [2.75, 3.05) is 18.4 Å². The summed E-state index contributed by atoms with van der Waals surface area (Å²) in [7, 11) is 0. The molecule has 0 aromatic carbocycles. The van der Waals surface area contributed by atoms with Gasteiger partial charge in [-0.2, -0.15) is 5.26 Å². The number of nitriles is 1. The molecule has 1 heterocycles. The molecule has 17 heavy (non-hydrogen) atoms. The van der Waals surface area contributed by atoms with Crippen LogP contribution in [0.3, 0.4) is 0 Å². The molecular weight excluding hydrogens is 216 g/mol. The molecule has 1 aromatic rings. The van der Waals surface area contributed by atoms with Crippen LogP contribution in [0.5, 0.6) is 0 Å². The molecule has 0 atom stereocenters. The lowest BCUT2D eigenvalue weighted by Crippen LogP contribution is -2.26. The van der Waals surface area contributed by atoms with Crippen LogP contribution in [0, 0.1) is 25.2 Å². The fourth-order valence-corrected chi connectivity index (χ4v) is 1.54. The zero-order valence-corrected chi connectivity index (χ0v) is 10.3. The van der Waals surface area contributed by atoms with Crippen LogP contribution in [-0.2, 0) is 4.79 Å². The Morgan fingerprint density at radius 3 is 2.76 bits per heavy atom. The van der Waals surface area contributed by atoms with E-state index in [4.69, 9.17) is 5.26 Å². The monoisotopic (exact) mass is 232 g/mol. The summed E-state index contributed by atoms with van der Waals surface area (Å²) in [6.07, 6.45) is 0. The molecule has 5 heteroatoms. The second kappa shape index (κ2) is 5.85. The van der Waals surface area contributed by atoms with Crippen molar-refractivity contribution in [3.05, 3.63) is 23.0 Å². The number of pyridine rings is 1. The van der Waals surface area contributed by atoms with Gasteiger partial charge >= 0.3 is 0 Å². The first-order valence-electron chi connectivity index (χ1n) is 5.41. The highest BCUT2D eigenvalue weighted by Gasteiger charge is 2.07. The minimum Gasteiger partial charge on any atom is -0.382 e. The molecule has 0 aliphatic rings. The van der Waals surface area contributed by atoms with Crippen molar-refractivity contribution in [2.24, 2.45) is 0 Å². The first-order chi connectivity index (χ1) is 8.04. The fraction of sp³-hybridized carbons (Fsp3) is 0.417. The average molecular weight is 232 g/mol. The highest BCUT2D eigenvalue weighted by Crippen LogP contribution is 2.18. The zero-order valence-electron chi connectivity index (χ0n) is 10.3. The van der Waals surface area contributed by atoms with Gasteiger partial charge in [0, 0.05) is 25.7 Å². The van der Waals surface area contributed by atoms with Gasteiger partial charge in [0.15, 0.2) is 0 Å². The molecule has 0 bridgehead atoms. The van der Waals surface area contributed by atoms with Crippen LogP contribution in [0.15, 0.2) is 6.07 Å². The van der Waals surface area contributed by atoms with E-state index in [1.807, 2.05) is 19.9 Å². The Labute approximate surface area is 101 Å². The van der Waals surface area contributed by atoms with Crippen molar-refractivity contribution in [1.29, 1.82) is 5.26 Å². The molecule has 1 amide bonds. The number of hydrogen-bond donors (Lipinski definition) is 2. The fourth-order valence-electron chi connectivity index (χ4n) is 1.54. The summed E-state index contributed by atoms with van der Waals surface area (Å²) in [5.41, 5.74) is 2.90. The maximum absolute atomic E-state index is 10.7. The third-order valence-electron chi connectivity index (χ3n) is 2.25. The summed E-state index contributed by atoms with van der Waals surface area (Å²) >= 11 is 0. The lowest BCUT2D eigenvalue weighted by Gasteiger charge is -2.10. The van der Waals surface area contributed by atoms with Gasteiger partial charge in [-0.25, -0.2) is 0 Å². The van der Waals surface area contributed by atoms with E-state index in [0.29, 0.717) is 18.7 Å². The van der Waals surface area contributed by atoms with Gasteiger partial charge in [0.25, 0.3) is 0 Å². The molecule has 0 radical (unpaired) electrons. The molecule has 1 rings (SSSR count). The number of carbonyl (C=O) groups is 1. The number of carbonyl (C=O) groups excluding carboxylic acids is 1. The van der Waals surface area contributed by atoms with E-state index >= 15 is 0 Å². The van der Waals surface area contributed by atoms with Gasteiger partial charge in [-0.3, -0.25) is 9.78 Å². The second-order valence-corrected chi connectivity index (χ2v) is 3.79. The molecular formula is C12H16N4O. The number of rotatable bonds is 4. The van der Waals surface area contributed by atoms with Crippen LogP contribution in [-0.4, -0.2) is 24.0 Å². The molecule has 2 N–H and O–H groups in total. The van der Waals surface area contributed by atoms with Crippen molar-refractivity contribution in [1.82, 2.24) is 10.3 Å². The summed E-state index contributed by atoms with van der Waals surface area (Å²) < 4.78 is 0. The van der Waals surface area contributed by atoms with Crippen molar-refractivity contribution in [3.63, 3.8) is 0 Å². The third kappa shape index (κ3) is 3.76. The standard InChI is InChI=1S/C12H16N4O/c1-8-6-12(11(7-13)9(2)16-8)15-5-4-14-10(3)17/h6H,4-5H2,1-3H3,(H,14,17)(H,15,16).